The number of thioether (sulfide) groups is 1. The molecule has 0 aliphatic heterocycles. The van der Waals surface area contributed by atoms with Gasteiger partial charge in [-0.15, -0.1) is 11.8 Å². The number of rotatable bonds is 6. The highest BCUT2D eigenvalue weighted by Gasteiger charge is 2.12. The van der Waals surface area contributed by atoms with Crippen LogP contribution in [-0.4, -0.2) is 27.3 Å². The first kappa shape index (κ1) is 16.4. The molecule has 0 aliphatic carbocycles. The van der Waals surface area contributed by atoms with Crippen LogP contribution in [0, 0.1) is 0 Å². The van der Waals surface area contributed by atoms with Crippen LogP contribution in [0.25, 0.3) is 11.0 Å². The van der Waals surface area contributed by atoms with Crippen molar-refractivity contribution in [2.75, 3.05) is 12.3 Å². The third-order valence-corrected chi connectivity index (χ3v) is 4.80. The van der Waals surface area contributed by atoms with Gasteiger partial charge in [0.15, 0.2) is 0 Å². The molecule has 0 saturated carbocycles. The van der Waals surface area contributed by atoms with Crippen molar-refractivity contribution in [3.63, 3.8) is 0 Å². The fourth-order valence-corrected chi connectivity index (χ4v) is 3.38. The van der Waals surface area contributed by atoms with Crippen LogP contribution in [-0.2, 0) is 18.4 Å². The van der Waals surface area contributed by atoms with Crippen molar-refractivity contribution >= 4 is 28.7 Å². The molecule has 24 heavy (non-hydrogen) atoms. The smallest absolute Gasteiger partial charge is 0.329 e. The second-order valence-corrected chi connectivity index (χ2v) is 6.60. The number of amides is 1. The molecule has 6 heteroatoms. The van der Waals surface area contributed by atoms with Gasteiger partial charge in [0.2, 0.25) is 5.91 Å². The molecule has 3 rings (SSSR count). The minimum Gasteiger partial charge on any atom is -0.354 e. The molecule has 1 aromatic heterocycles. The van der Waals surface area contributed by atoms with Gasteiger partial charge < -0.3 is 5.32 Å². The number of hydrogen-bond donors (Lipinski definition) is 1. The number of nitrogens with one attached hydrogen (secondary N) is 1. The Morgan fingerprint density at radius 1 is 1.04 bits per heavy atom. The van der Waals surface area contributed by atoms with Gasteiger partial charge in [-0.3, -0.25) is 13.9 Å². The first-order valence-electron chi connectivity index (χ1n) is 7.75. The van der Waals surface area contributed by atoms with E-state index in [4.69, 9.17) is 0 Å². The number of carbonyl (C=O) groups excluding carboxylic acids is 1. The second-order valence-electron chi connectivity index (χ2n) is 5.43. The van der Waals surface area contributed by atoms with Crippen molar-refractivity contribution in [2.45, 2.75) is 11.4 Å². The molecule has 0 spiro atoms. The number of imidazole rings is 1. The Hall–Kier alpha value is -2.47. The lowest BCUT2D eigenvalue weighted by Crippen LogP contribution is -2.33. The summed E-state index contributed by atoms with van der Waals surface area (Å²) in [5.74, 6) is 0.641. The van der Waals surface area contributed by atoms with Crippen LogP contribution in [0.15, 0.2) is 64.3 Å². The number of benzene rings is 2. The van der Waals surface area contributed by atoms with Crippen molar-refractivity contribution in [3.05, 3.63) is 65.1 Å². The van der Waals surface area contributed by atoms with Crippen molar-refractivity contribution in [1.29, 1.82) is 0 Å². The van der Waals surface area contributed by atoms with Gasteiger partial charge in [-0.05, 0) is 24.3 Å². The Morgan fingerprint density at radius 2 is 1.71 bits per heavy atom. The summed E-state index contributed by atoms with van der Waals surface area (Å²) in [6.07, 6.45) is 0. The molecule has 124 valence electrons. The normalized spacial score (nSPS) is 10.9. The van der Waals surface area contributed by atoms with Crippen LogP contribution < -0.4 is 11.0 Å². The number of nitrogens with zero attached hydrogens (tertiary/aromatic N) is 2. The summed E-state index contributed by atoms with van der Waals surface area (Å²) in [4.78, 5) is 25.6. The van der Waals surface area contributed by atoms with Gasteiger partial charge in [-0.1, -0.05) is 30.3 Å². The molecule has 0 atom stereocenters. The van der Waals surface area contributed by atoms with E-state index in [9.17, 15) is 9.59 Å². The van der Waals surface area contributed by atoms with E-state index in [0.29, 0.717) is 6.54 Å². The Kier molecular flexibility index (Phi) is 5.05. The third kappa shape index (κ3) is 3.54. The fraction of sp³-hybridized carbons (Fsp3) is 0.222. The van der Waals surface area contributed by atoms with Crippen LogP contribution in [0.5, 0.6) is 0 Å². The van der Waals surface area contributed by atoms with Crippen molar-refractivity contribution in [1.82, 2.24) is 14.5 Å². The molecule has 1 amide bonds. The Morgan fingerprint density at radius 3 is 2.46 bits per heavy atom. The molecule has 0 aliphatic rings. The molecule has 0 fully saturated rings. The van der Waals surface area contributed by atoms with Gasteiger partial charge >= 0.3 is 5.69 Å². The van der Waals surface area contributed by atoms with Gasteiger partial charge in [0.1, 0.15) is 6.54 Å². The van der Waals surface area contributed by atoms with Crippen LogP contribution in [0.3, 0.4) is 0 Å². The highest BCUT2D eigenvalue weighted by molar-refractivity contribution is 7.99. The predicted molar refractivity (Wildman–Crippen MR) is 97.4 cm³/mol. The van der Waals surface area contributed by atoms with Crippen LogP contribution >= 0.6 is 11.8 Å². The lowest BCUT2D eigenvalue weighted by Gasteiger charge is -2.06. The highest BCUT2D eigenvalue weighted by Crippen LogP contribution is 2.15. The molecular formula is C18H19N3O2S. The van der Waals surface area contributed by atoms with Crippen LogP contribution in [0.2, 0.25) is 0 Å². The monoisotopic (exact) mass is 341 g/mol. The van der Waals surface area contributed by atoms with Gasteiger partial charge in [-0.25, -0.2) is 4.79 Å². The van der Waals surface area contributed by atoms with Crippen LogP contribution in [0.1, 0.15) is 0 Å². The van der Waals surface area contributed by atoms with E-state index in [2.05, 4.69) is 5.32 Å². The van der Waals surface area contributed by atoms with E-state index in [0.717, 1.165) is 16.8 Å². The molecule has 1 N–H and O–H groups in total. The summed E-state index contributed by atoms with van der Waals surface area (Å²) < 4.78 is 3.07. The Labute approximate surface area is 144 Å². The number of aromatic nitrogens is 2. The number of aryl methyl sites for hydroxylation is 1. The predicted octanol–water partition coefficient (Wildman–Crippen LogP) is 2.25. The molecular weight excluding hydrogens is 322 g/mol. The van der Waals surface area contributed by atoms with Crippen molar-refractivity contribution in [3.8, 4) is 0 Å². The second kappa shape index (κ2) is 7.40. The summed E-state index contributed by atoms with van der Waals surface area (Å²) in [5, 5.41) is 2.87. The molecule has 0 saturated heterocycles. The number of hydrogen-bond acceptors (Lipinski definition) is 3. The average Bonchev–Trinajstić information content (AvgIpc) is 2.85. The molecule has 1 heterocycles. The summed E-state index contributed by atoms with van der Waals surface area (Å²) in [7, 11) is 1.72. The van der Waals surface area contributed by atoms with Gasteiger partial charge in [0.25, 0.3) is 0 Å². The Bertz CT molecular complexity index is 900. The zero-order valence-corrected chi connectivity index (χ0v) is 14.3. The van der Waals surface area contributed by atoms with E-state index in [1.165, 1.54) is 9.46 Å². The first-order chi connectivity index (χ1) is 11.7. The maximum Gasteiger partial charge on any atom is 0.329 e. The number of fused-ring (bicyclic) bond motifs is 1. The quantitative estimate of drug-likeness (QED) is 0.553. The summed E-state index contributed by atoms with van der Waals surface area (Å²) in [6, 6.07) is 17.5. The van der Waals surface area contributed by atoms with Gasteiger partial charge in [0, 0.05) is 24.2 Å². The number of carbonyl (C=O) groups is 1. The van der Waals surface area contributed by atoms with Gasteiger partial charge in [-0.2, -0.15) is 0 Å². The first-order valence-corrected chi connectivity index (χ1v) is 8.74. The SMILES string of the molecule is Cn1c(=O)n(CC(=O)NCCSc2ccccc2)c2ccccc21. The molecule has 3 aromatic rings. The highest BCUT2D eigenvalue weighted by atomic mass is 32.2. The summed E-state index contributed by atoms with van der Waals surface area (Å²) in [6.45, 7) is 0.605. The van der Waals surface area contributed by atoms with E-state index in [1.807, 2.05) is 54.6 Å². The standard InChI is InChI=1S/C18H19N3O2S/c1-20-15-9-5-6-10-16(15)21(18(20)23)13-17(22)19-11-12-24-14-7-3-2-4-8-14/h2-10H,11-13H2,1H3,(H,19,22). The zero-order chi connectivity index (χ0) is 16.9. The largest absolute Gasteiger partial charge is 0.354 e. The molecule has 0 bridgehead atoms. The Balaban J connectivity index is 1.58. The van der Waals surface area contributed by atoms with Crippen molar-refractivity contribution in [2.24, 2.45) is 7.05 Å². The van der Waals surface area contributed by atoms with E-state index < -0.39 is 0 Å². The maximum absolute atomic E-state index is 12.3. The average molecular weight is 341 g/mol. The minimum absolute atomic E-state index is 0.0379. The lowest BCUT2D eigenvalue weighted by atomic mass is 10.3. The van der Waals surface area contributed by atoms with E-state index in [1.54, 1.807) is 23.4 Å². The molecule has 0 unspecified atom stereocenters. The third-order valence-electron chi connectivity index (χ3n) is 3.79. The molecule has 2 aromatic carbocycles. The lowest BCUT2D eigenvalue weighted by molar-refractivity contribution is -0.121. The molecule has 0 radical (unpaired) electrons. The summed E-state index contributed by atoms with van der Waals surface area (Å²) >= 11 is 1.69. The number of para-hydroxylation sites is 2. The fourth-order valence-electron chi connectivity index (χ4n) is 2.59. The zero-order valence-electron chi connectivity index (χ0n) is 13.4. The van der Waals surface area contributed by atoms with E-state index in [-0.39, 0.29) is 18.1 Å². The summed E-state index contributed by atoms with van der Waals surface area (Å²) in [5.41, 5.74) is 1.43. The molecule has 5 nitrogen and oxygen atoms in total. The van der Waals surface area contributed by atoms with Gasteiger partial charge in [0.05, 0.1) is 11.0 Å². The van der Waals surface area contributed by atoms with E-state index >= 15 is 0 Å². The maximum atomic E-state index is 12.3. The van der Waals surface area contributed by atoms with Crippen LogP contribution in [0.4, 0.5) is 0 Å². The van der Waals surface area contributed by atoms with Crippen molar-refractivity contribution < 1.29 is 4.79 Å². The topological polar surface area (TPSA) is 56.0 Å². The minimum atomic E-state index is -0.176.